The number of hydrogen-bond acceptors (Lipinski definition) is 6. The quantitative estimate of drug-likeness (QED) is 0.829. The van der Waals surface area contributed by atoms with Crippen molar-refractivity contribution >= 4 is 10.0 Å². The van der Waals surface area contributed by atoms with E-state index in [-0.39, 0.29) is 23.1 Å². The van der Waals surface area contributed by atoms with Gasteiger partial charge in [0.2, 0.25) is 10.0 Å². The summed E-state index contributed by atoms with van der Waals surface area (Å²) in [4.78, 5) is 0.188. The molecule has 0 amide bonds. The molecule has 0 spiro atoms. The largest absolute Gasteiger partial charge is 0.381 e. The summed E-state index contributed by atoms with van der Waals surface area (Å²) in [5.74, 6) is 0.333. The van der Waals surface area contributed by atoms with Gasteiger partial charge in [-0.2, -0.15) is 4.31 Å². The molecule has 0 aromatic carbocycles. The Labute approximate surface area is 130 Å². The Balaban J connectivity index is 1.95. The lowest BCUT2D eigenvalue weighted by Gasteiger charge is -2.44. The zero-order valence-electron chi connectivity index (χ0n) is 13.1. The van der Waals surface area contributed by atoms with E-state index >= 15 is 0 Å². The van der Waals surface area contributed by atoms with Gasteiger partial charge in [-0.15, -0.1) is 0 Å². The van der Waals surface area contributed by atoms with Crippen LogP contribution in [0.15, 0.2) is 9.42 Å². The van der Waals surface area contributed by atoms with Gasteiger partial charge >= 0.3 is 0 Å². The van der Waals surface area contributed by atoms with Gasteiger partial charge in [-0.25, -0.2) is 8.42 Å². The molecule has 1 aromatic heterocycles. The summed E-state index contributed by atoms with van der Waals surface area (Å²) in [5.41, 5.74) is 0.402. The van der Waals surface area contributed by atoms with Gasteiger partial charge in [-0.3, -0.25) is 0 Å². The molecule has 0 bridgehead atoms. The molecule has 1 aromatic rings. The molecule has 0 radical (unpaired) electrons. The van der Waals surface area contributed by atoms with E-state index in [1.165, 1.54) is 0 Å². The average molecular weight is 330 g/mol. The maximum Gasteiger partial charge on any atom is 0.248 e. The SMILES string of the molecule is CO[C@@H]1CC[C@H]2OCCN(S(=O)(=O)c3c(C)noc3C)[C@@H]2C1. The number of nitrogens with zero attached hydrogens (tertiary/aromatic N) is 2. The lowest BCUT2D eigenvalue weighted by Crippen LogP contribution is -2.56. The van der Waals surface area contributed by atoms with Crippen LogP contribution < -0.4 is 0 Å². The van der Waals surface area contributed by atoms with Crippen LogP contribution in [0.2, 0.25) is 0 Å². The van der Waals surface area contributed by atoms with Crippen molar-refractivity contribution in [3.8, 4) is 0 Å². The Morgan fingerprint density at radius 2 is 2.09 bits per heavy atom. The van der Waals surface area contributed by atoms with E-state index in [1.807, 2.05) is 0 Å². The number of aryl methyl sites for hydroxylation is 2. The molecular formula is C14H22N2O5S. The van der Waals surface area contributed by atoms with Gasteiger partial charge in [-0.05, 0) is 33.1 Å². The first-order valence-electron chi connectivity index (χ1n) is 7.54. The van der Waals surface area contributed by atoms with Gasteiger partial charge in [0, 0.05) is 13.7 Å². The minimum atomic E-state index is -3.64. The number of fused-ring (bicyclic) bond motifs is 1. The minimum Gasteiger partial charge on any atom is -0.381 e. The smallest absolute Gasteiger partial charge is 0.248 e. The second-order valence-corrected chi connectivity index (χ2v) is 7.74. The van der Waals surface area contributed by atoms with Crippen molar-refractivity contribution in [3.63, 3.8) is 0 Å². The number of hydrogen-bond donors (Lipinski definition) is 0. The lowest BCUT2D eigenvalue weighted by atomic mass is 9.89. The third kappa shape index (κ3) is 2.58. The van der Waals surface area contributed by atoms with Crippen molar-refractivity contribution < 1.29 is 22.4 Å². The Bertz CT molecular complexity index is 622. The molecule has 2 aliphatic rings. The standard InChI is InChI=1S/C14H22N2O5S/c1-9-14(10(2)21-15-9)22(17,18)16-6-7-20-13-5-4-11(19-3)8-12(13)16/h11-13H,4-8H2,1-3H3/t11-,12-,13-/m1/s1. The topological polar surface area (TPSA) is 81.9 Å². The van der Waals surface area contributed by atoms with Gasteiger partial charge in [0.05, 0.1) is 24.9 Å². The summed E-state index contributed by atoms with van der Waals surface area (Å²) < 4.78 is 43.9. The van der Waals surface area contributed by atoms with Crippen LogP contribution in [-0.2, 0) is 19.5 Å². The number of sulfonamides is 1. The van der Waals surface area contributed by atoms with E-state index in [0.29, 0.717) is 31.0 Å². The van der Waals surface area contributed by atoms with Crippen molar-refractivity contribution in [1.29, 1.82) is 0 Å². The fraction of sp³-hybridized carbons (Fsp3) is 0.786. The van der Waals surface area contributed by atoms with Gasteiger partial charge in [0.25, 0.3) is 0 Å². The zero-order valence-corrected chi connectivity index (χ0v) is 13.9. The number of rotatable bonds is 3. The normalized spacial score (nSPS) is 30.2. The molecule has 3 atom stereocenters. The molecule has 2 heterocycles. The fourth-order valence-electron chi connectivity index (χ4n) is 3.51. The maximum absolute atomic E-state index is 13.1. The fourth-order valence-corrected chi connectivity index (χ4v) is 5.45. The van der Waals surface area contributed by atoms with Crippen molar-refractivity contribution in [2.75, 3.05) is 20.3 Å². The van der Waals surface area contributed by atoms with Crippen LogP contribution in [0.1, 0.15) is 30.7 Å². The molecule has 1 saturated heterocycles. The lowest BCUT2D eigenvalue weighted by molar-refractivity contribution is -0.0883. The van der Waals surface area contributed by atoms with E-state index < -0.39 is 10.0 Å². The van der Waals surface area contributed by atoms with E-state index in [0.717, 1.165) is 12.8 Å². The second-order valence-electron chi connectivity index (χ2n) is 5.92. The van der Waals surface area contributed by atoms with E-state index in [1.54, 1.807) is 25.3 Å². The van der Waals surface area contributed by atoms with Crippen LogP contribution in [0.5, 0.6) is 0 Å². The predicted octanol–water partition coefficient (Wildman–Crippen LogP) is 1.25. The number of methoxy groups -OCH3 is 1. The molecule has 2 fully saturated rings. The summed E-state index contributed by atoms with van der Waals surface area (Å²) in [7, 11) is -1.97. The van der Waals surface area contributed by atoms with Crippen LogP contribution in [0.3, 0.4) is 0 Å². The van der Waals surface area contributed by atoms with E-state index in [2.05, 4.69) is 5.16 Å². The molecule has 0 unspecified atom stereocenters. The highest BCUT2D eigenvalue weighted by molar-refractivity contribution is 7.89. The van der Waals surface area contributed by atoms with Crippen LogP contribution in [-0.4, -0.2) is 56.4 Å². The molecule has 1 saturated carbocycles. The summed E-state index contributed by atoms with van der Waals surface area (Å²) in [5, 5.41) is 3.78. The Hall–Kier alpha value is -0.960. The molecular weight excluding hydrogens is 308 g/mol. The van der Waals surface area contributed by atoms with Crippen molar-refractivity contribution in [2.45, 2.75) is 56.3 Å². The summed E-state index contributed by atoms with van der Waals surface area (Å²) >= 11 is 0. The van der Waals surface area contributed by atoms with Gasteiger partial charge in [-0.1, -0.05) is 5.16 Å². The highest BCUT2D eigenvalue weighted by atomic mass is 32.2. The maximum atomic E-state index is 13.1. The third-order valence-electron chi connectivity index (χ3n) is 4.59. The summed E-state index contributed by atoms with van der Waals surface area (Å²) in [6.07, 6.45) is 2.39. The molecule has 0 N–H and O–H groups in total. The van der Waals surface area contributed by atoms with Crippen LogP contribution in [0, 0.1) is 13.8 Å². The molecule has 1 aliphatic heterocycles. The minimum absolute atomic E-state index is 0.0598. The molecule has 3 rings (SSSR count). The van der Waals surface area contributed by atoms with Crippen molar-refractivity contribution in [2.24, 2.45) is 0 Å². The number of ether oxygens (including phenoxy) is 2. The zero-order chi connectivity index (χ0) is 15.9. The first-order valence-corrected chi connectivity index (χ1v) is 8.98. The molecule has 22 heavy (non-hydrogen) atoms. The summed E-state index contributed by atoms with van der Waals surface area (Å²) in [6, 6.07) is -0.189. The first-order chi connectivity index (χ1) is 10.4. The van der Waals surface area contributed by atoms with Crippen LogP contribution in [0.25, 0.3) is 0 Å². The van der Waals surface area contributed by atoms with Crippen molar-refractivity contribution in [1.82, 2.24) is 9.46 Å². The van der Waals surface area contributed by atoms with E-state index in [4.69, 9.17) is 14.0 Å². The highest BCUT2D eigenvalue weighted by Gasteiger charge is 2.44. The Morgan fingerprint density at radius 3 is 2.73 bits per heavy atom. The monoisotopic (exact) mass is 330 g/mol. The highest BCUT2D eigenvalue weighted by Crippen LogP contribution is 2.34. The van der Waals surface area contributed by atoms with E-state index in [9.17, 15) is 8.42 Å². The van der Waals surface area contributed by atoms with Crippen LogP contribution >= 0.6 is 0 Å². The van der Waals surface area contributed by atoms with Gasteiger partial charge in [0.15, 0.2) is 5.76 Å². The predicted molar refractivity (Wildman–Crippen MR) is 78.0 cm³/mol. The third-order valence-corrected chi connectivity index (χ3v) is 6.76. The van der Waals surface area contributed by atoms with Gasteiger partial charge < -0.3 is 14.0 Å². The average Bonchev–Trinajstić information content (AvgIpc) is 2.85. The number of morpholine rings is 1. The van der Waals surface area contributed by atoms with Gasteiger partial charge in [0.1, 0.15) is 10.6 Å². The molecule has 7 nitrogen and oxygen atoms in total. The first kappa shape index (κ1) is 15.9. The summed E-state index contributed by atoms with van der Waals surface area (Å²) in [6.45, 7) is 4.05. The Morgan fingerprint density at radius 1 is 1.32 bits per heavy atom. The van der Waals surface area contributed by atoms with Crippen LogP contribution in [0.4, 0.5) is 0 Å². The molecule has 124 valence electrons. The van der Waals surface area contributed by atoms with Crippen molar-refractivity contribution in [3.05, 3.63) is 11.5 Å². The molecule has 8 heteroatoms. The molecule has 1 aliphatic carbocycles. The Kier molecular flexibility index (Phi) is 4.28. The second kappa shape index (κ2) is 5.92. The number of aromatic nitrogens is 1.